The van der Waals surface area contributed by atoms with Crippen LogP contribution < -0.4 is 5.32 Å². The van der Waals surface area contributed by atoms with Crippen molar-refractivity contribution in [3.8, 4) is 0 Å². The van der Waals surface area contributed by atoms with Gasteiger partial charge in [-0.2, -0.15) is 0 Å². The van der Waals surface area contributed by atoms with Gasteiger partial charge in [0, 0.05) is 23.2 Å². The molecule has 2 amide bonds. The van der Waals surface area contributed by atoms with E-state index < -0.39 is 0 Å². The number of nitrogens with zero attached hydrogens (tertiary/aromatic N) is 1. The van der Waals surface area contributed by atoms with E-state index in [1.54, 1.807) is 0 Å². The second kappa shape index (κ2) is 5.65. The van der Waals surface area contributed by atoms with Crippen molar-refractivity contribution < 1.29 is 4.79 Å². The van der Waals surface area contributed by atoms with Crippen LogP contribution >= 0.6 is 11.8 Å². The number of hydrogen-bond acceptors (Lipinski definition) is 2. The van der Waals surface area contributed by atoms with Gasteiger partial charge in [0.1, 0.15) is 0 Å². The van der Waals surface area contributed by atoms with E-state index in [0.29, 0.717) is 5.25 Å². The monoisotopic (exact) mass is 264 g/mol. The van der Waals surface area contributed by atoms with E-state index in [4.69, 9.17) is 0 Å². The van der Waals surface area contributed by atoms with Gasteiger partial charge in [0.25, 0.3) is 0 Å². The highest BCUT2D eigenvalue weighted by atomic mass is 32.2. The van der Waals surface area contributed by atoms with Crippen LogP contribution in [0.5, 0.6) is 0 Å². The summed E-state index contributed by atoms with van der Waals surface area (Å²) in [7, 11) is 0. The van der Waals surface area contributed by atoms with E-state index >= 15 is 0 Å². The first kappa shape index (κ1) is 13.3. The maximum atomic E-state index is 11.6. The minimum atomic E-state index is 0.0446. The summed E-state index contributed by atoms with van der Waals surface area (Å²) in [6, 6.07) is 8.70. The number of thioether (sulfide) groups is 1. The molecule has 18 heavy (non-hydrogen) atoms. The maximum absolute atomic E-state index is 11.6. The molecule has 2 rings (SSSR count). The van der Waals surface area contributed by atoms with Crippen LogP contribution in [0.25, 0.3) is 0 Å². The highest BCUT2D eigenvalue weighted by molar-refractivity contribution is 7.99. The lowest BCUT2D eigenvalue weighted by atomic mass is 10.1. The number of nitrogens with one attached hydrogen (secondary N) is 1. The van der Waals surface area contributed by atoms with Gasteiger partial charge in [-0.3, -0.25) is 0 Å². The molecule has 4 heteroatoms. The van der Waals surface area contributed by atoms with Crippen LogP contribution in [0.2, 0.25) is 0 Å². The molecule has 1 heterocycles. The molecule has 1 aliphatic heterocycles. The SMILES string of the molecule is CCN1CC(c2ccc(SC(C)C)cc2)NC1=O. The minimum absolute atomic E-state index is 0.0446. The van der Waals surface area contributed by atoms with Crippen molar-refractivity contribution in [2.45, 2.75) is 37.0 Å². The van der Waals surface area contributed by atoms with Gasteiger partial charge in [-0.05, 0) is 24.6 Å². The molecule has 1 aromatic rings. The number of rotatable bonds is 4. The second-order valence-corrected chi connectivity index (χ2v) is 6.43. The first-order valence-corrected chi connectivity index (χ1v) is 7.30. The van der Waals surface area contributed by atoms with Crippen LogP contribution in [-0.4, -0.2) is 29.3 Å². The van der Waals surface area contributed by atoms with Gasteiger partial charge in [-0.15, -0.1) is 11.8 Å². The first-order chi connectivity index (χ1) is 8.60. The van der Waals surface area contributed by atoms with Gasteiger partial charge in [-0.25, -0.2) is 4.79 Å². The number of urea groups is 1. The summed E-state index contributed by atoms with van der Waals surface area (Å²) >= 11 is 1.86. The van der Waals surface area contributed by atoms with Gasteiger partial charge >= 0.3 is 6.03 Å². The smallest absolute Gasteiger partial charge is 0.318 e. The van der Waals surface area contributed by atoms with Crippen molar-refractivity contribution in [2.24, 2.45) is 0 Å². The number of likely N-dealkylation sites (N-methyl/N-ethyl adjacent to an activating group) is 1. The normalized spacial score (nSPS) is 19.4. The third-order valence-corrected chi connectivity index (χ3v) is 4.04. The zero-order chi connectivity index (χ0) is 13.1. The number of carbonyl (C=O) groups is 1. The second-order valence-electron chi connectivity index (χ2n) is 4.78. The van der Waals surface area contributed by atoms with E-state index in [0.717, 1.165) is 13.1 Å². The zero-order valence-electron chi connectivity index (χ0n) is 11.1. The lowest BCUT2D eigenvalue weighted by molar-refractivity contribution is 0.219. The highest BCUT2D eigenvalue weighted by Crippen LogP contribution is 2.26. The molecule has 3 nitrogen and oxygen atoms in total. The Kier molecular flexibility index (Phi) is 4.17. The van der Waals surface area contributed by atoms with Crippen LogP contribution in [-0.2, 0) is 0 Å². The van der Waals surface area contributed by atoms with Gasteiger partial charge in [0.2, 0.25) is 0 Å². The van der Waals surface area contributed by atoms with Crippen LogP contribution in [0.3, 0.4) is 0 Å². The summed E-state index contributed by atoms with van der Waals surface area (Å²) in [5, 5.41) is 3.61. The number of hydrogen-bond donors (Lipinski definition) is 1. The fourth-order valence-corrected chi connectivity index (χ4v) is 2.94. The third-order valence-electron chi connectivity index (χ3n) is 3.02. The van der Waals surface area contributed by atoms with Crippen molar-refractivity contribution in [1.82, 2.24) is 10.2 Å². The maximum Gasteiger partial charge on any atom is 0.318 e. The summed E-state index contributed by atoms with van der Waals surface area (Å²) in [4.78, 5) is 14.7. The Balaban J connectivity index is 2.04. The van der Waals surface area contributed by atoms with E-state index in [2.05, 4.69) is 43.4 Å². The first-order valence-electron chi connectivity index (χ1n) is 6.42. The van der Waals surface area contributed by atoms with E-state index in [1.165, 1.54) is 10.5 Å². The Labute approximate surface area is 113 Å². The molecule has 1 N–H and O–H groups in total. The topological polar surface area (TPSA) is 32.3 Å². The molecule has 1 saturated heterocycles. The molecule has 1 unspecified atom stereocenters. The van der Waals surface area contributed by atoms with Crippen molar-refractivity contribution in [3.05, 3.63) is 29.8 Å². The molecule has 1 aliphatic rings. The molecule has 0 bridgehead atoms. The highest BCUT2D eigenvalue weighted by Gasteiger charge is 2.28. The van der Waals surface area contributed by atoms with Gasteiger partial charge < -0.3 is 10.2 Å². The van der Waals surface area contributed by atoms with Crippen molar-refractivity contribution in [1.29, 1.82) is 0 Å². The van der Waals surface area contributed by atoms with E-state index in [-0.39, 0.29) is 12.1 Å². The quantitative estimate of drug-likeness (QED) is 0.846. The largest absolute Gasteiger partial charge is 0.329 e. The zero-order valence-corrected chi connectivity index (χ0v) is 12.0. The van der Waals surface area contributed by atoms with Crippen LogP contribution in [0.1, 0.15) is 32.4 Å². The van der Waals surface area contributed by atoms with E-state index in [9.17, 15) is 4.79 Å². The van der Waals surface area contributed by atoms with Crippen LogP contribution in [0.15, 0.2) is 29.2 Å². The molecule has 0 saturated carbocycles. The van der Waals surface area contributed by atoms with Crippen molar-refractivity contribution >= 4 is 17.8 Å². The predicted octanol–water partition coefficient (Wildman–Crippen LogP) is 3.27. The van der Waals surface area contributed by atoms with Crippen LogP contribution in [0.4, 0.5) is 4.79 Å². The Bertz CT molecular complexity index is 416. The summed E-state index contributed by atoms with van der Waals surface area (Å²) in [5.74, 6) is 0. The molecular formula is C14H20N2OS. The Morgan fingerprint density at radius 1 is 1.39 bits per heavy atom. The lowest BCUT2D eigenvalue weighted by Crippen LogP contribution is -2.27. The average Bonchev–Trinajstić information content (AvgIpc) is 2.71. The van der Waals surface area contributed by atoms with E-state index in [1.807, 2.05) is 23.6 Å². The Morgan fingerprint density at radius 3 is 2.56 bits per heavy atom. The van der Waals surface area contributed by atoms with Crippen molar-refractivity contribution in [2.75, 3.05) is 13.1 Å². The Hall–Kier alpha value is -1.16. The Morgan fingerprint density at radius 2 is 2.06 bits per heavy atom. The summed E-state index contributed by atoms with van der Waals surface area (Å²) in [6.07, 6.45) is 0. The summed E-state index contributed by atoms with van der Waals surface area (Å²) in [5.41, 5.74) is 1.19. The average molecular weight is 264 g/mol. The van der Waals surface area contributed by atoms with Gasteiger partial charge in [0.05, 0.1) is 6.04 Å². The molecule has 0 aromatic heterocycles. The fraction of sp³-hybridized carbons (Fsp3) is 0.500. The lowest BCUT2D eigenvalue weighted by Gasteiger charge is -2.12. The minimum Gasteiger partial charge on any atom is -0.329 e. The molecule has 0 radical (unpaired) electrons. The molecule has 0 spiro atoms. The van der Waals surface area contributed by atoms with Crippen LogP contribution in [0, 0.1) is 0 Å². The molecular weight excluding hydrogens is 244 g/mol. The van der Waals surface area contributed by atoms with Crippen molar-refractivity contribution in [3.63, 3.8) is 0 Å². The van der Waals surface area contributed by atoms with Gasteiger partial charge in [-0.1, -0.05) is 26.0 Å². The molecule has 98 valence electrons. The third kappa shape index (κ3) is 2.99. The number of carbonyl (C=O) groups excluding carboxylic acids is 1. The molecule has 1 aromatic carbocycles. The number of amides is 2. The summed E-state index contributed by atoms with van der Waals surface area (Å²) < 4.78 is 0. The summed E-state index contributed by atoms with van der Waals surface area (Å²) in [6.45, 7) is 7.92. The predicted molar refractivity (Wildman–Crippen MR) is 76.0 cm³/mol. The molecule has 1 atom stereocenters. The molecule has 0 aliphatic carbocycles. The number of benzene rings is 1. The fourth-order valence-electron chi connectivity index (χ4n) is 2.10. The van der Waals surface area contributed by atoms with Gasteiger partial charge in [0.15, 0.2) is 0 Å². The molecule has 1 fully saturated rings. The standard InChI is InChI=1S/C14H20N2OS/c1-4-16-9-13(15-14(16)17)11-5-7-12(8-6-11)18-10(2)3/h5-8,10,13H,4,9H2,1-3H3,(H,15,17).